The smallest absolute Gasteiger partial charge is 0.224 e. The molecule has 0 spiro atoms. The number of rotatable bonds is 4. The van der Waals surface area contributed by atoms with Crippen LogP contribution in [0, 0.1) is 0 Å². The van der Waals surface area contributed by atoms with Crippen LogP contribution in [0.1, 0.15) is 25.6 Å². The average Bonchev–Trinajstić information content (AvgIpc) is 2.44. The number of benzene rings is 1. The first kappa shape index (κ1) is 16.1. The van der Waals surface area contributed by atoms with Crippen LogP contribution in [0.3, 0.4) is 0 Å². The first-order valence-electron chi connectivity index (χ1n) is 6.30. The molecule has 0 saturated heterocycles. The quantitative estimate of drug-likeness (QED) is 0.753. The van der Waals surface area contributed by atoms with Crippen LogP contribution in [-0.2, 0) is 0 Å². The number of hydrogen-bond donors (Lipinski definition) is 1. The normalized spacial score (nSPS) is 10.8. The summed E-state index contributed by atoms with van der Waals surface area (Å²) in [6, 6.07) is 4.78. The van der Waals surface area contributed by atoms with E-state index in [1.807, 2.05) is 13.8 Å². The van der Waals surface area contributed by atoms with E-state index in [1.54, 1.807) is 19.2 Å². The fourth-order valence-corrected chi connectivity index (χ4v) is 2.15. The summed E-state index contributed by atoms with van der Waals surface area (Å²) in [5.74, 6) is 2.29. The standard InChI is InChI=1S/C14H14Cl3N3O/c1-7(2)14-19-12(18-3)6-13(20-14)21-11-5-9(16)8(15)4-10(11)17/h4-7H,1-3H3,(H,18,19,20). The van der Waals surface area contributed by atoms with Gasteiger partial charge in [-0.1, -0.05) is 48.7 Å². The van der Waals surface area contributed by atoms with E-state index in [9.17, 15) is 0 Å². The van der Waals surface area contributed by atoms with E-state index in [1.165, 1.54) is 6.07 Å². The van der Waals surface area contributed by atoms with Gasteiger partial charge >= 0.3 is 0 Å². The maximum Gasteiger partial charge on any atom is 0.224 e. The first-order valence-corrected chi connectivity index (χ1v) is 7.43. The van der Waals surface area contributed by atoms with E-state index in [2.05, 4.69) is 15.3 Å². The summed E-state index contributed by atoms with van der Waals surface area (Å²) in [5.41, 5.74) is 0. The van der Waals surface area contributed by atoms with Crippen molar-refractivity contribution >= 4 is 40.6 Å². The second kappa shape index (κ2) is 6.69. The molecule has 2 aromatic rings. The highest BCUT2D eigenvalue weighted by Gasteiger charge is 2.12. The van der Waals surface area contributed by atoms with E-state index in [-0.39, 0.29) is 5.92 Å². The number of aromatic nitrogens is 2. The van der Waals surface area contributed by atoms with Crippen LogP contribution < -0.4 is 10.1 Å². The number of hydrogen-bond acceptors (Lipinski definition) is 4. The van der Waals surface area contributed by atoms with Crippen LogP contribution >= 0.6 is 34.8 Å². The van der Waals surface area contributed by atoms with E-state index >= 15 is 0 Å². The van der Waals surface area contributed by atoms with Crippen molar-refractivity contribution in [1.29, 1.82) is 0 Å². The molecule has 0 aliphatic heterocycles. The third-order valence-electron chi connectivity index (χ3n) is 2.68. The highest BCUT2D eigenvalue weighted by Crippen LogP contribution is 2.36. The second-order valence-electron chi connectivity index (χ2n) is 4.65. The number of nitrogens with one attached hydrogen (secondary N) is 1. The first-order chi connectivity index (χ1) is 9.90. The Labute approximate surface area is 138 Å². The van der Waals surface area contributed by atoms with Crippen LogP contribution in [0.15, 0.2) is 18.2 Å². The van der Waals surface area contributed by atoms with Gasteiger partial charge in [0, 0.05) is 25.1 Å². The second-order valence-corrected chi connectivity index (χ2v) is 5.87. The van der Waals surface area contributed by atoms with Crippen LogP contribution in [-0.4, -0.2) is 17.0 Å². The lowest BCUT2D eigenvalue weighted by molar-refractivity contribution is 0.457. The van der Waals surface area contributed by atoms with Gasteiger partial charge in [0.25, 0.3) is 0 Å². The van der Waals surface area contributed by atoms with E-state index in [0.29, 0.717) is 38.3 Å². The lowest BCUT2D eigenvalue weighted by Crippen LogP contribution is -2.03. The highest BCUT2D eigenvalue weighted by atomic mass is 35.5. The topological polar surface area (TPSA) is 47.0 Å². The van der Waals surface area contributed by atoms with Crippen molar-refractivity contribution in [3.63, 3.8) is 0 Å². The van der Waals surface area contributed by atoms with Gasteiger partial charge in [0.05, 0.1) is 15.1 Å². The molecule has 4 nitrogen and oxygen atoms in total. The third-order valence-corrected chi connectivity index (χ3v) is 3.70. The van der Waals surface area contributed by atoms with Gasteiger partial charge in [-0.3, -0.25) is 0 Å². The molecule has 0 aliphatic rings. The Morgan fingerprint density at radius 3 is 2.29 bits per heavy atom. The molecule has 112 valence electrons. The molecule has 1 N–H and O–H groups in total. The minimum atomic E-state index is 0.171. The predicted molar refractivity (Wildman–Crippen MR) is 87.2 cm³/mol. The van der Waals surface area contributed by atoms with Crippen molar-refractivity contribution < 1.29 is 4.74 Å². The molecule has 0 bridgehead atoms. The fraction of sp³-hybridized carbons (Fsp3) is 0.286. The highest BCUT2D eigenvalue weighted by molar-refractivity contribution is 6.43. The molecule has 0 unspecified atom stereocenters. The van der Waals surface area contributed by atoms with Gasteiger partial charge in [-0.2, -0.15) is 4.98 Å². The zero-order chi connectivity index (χ0) is 15.6. The summed E-state index contributed by atoms with van der Waals surface area (Å²) in [6.07, 6.45) is 0. The minimum absolute atomic E-state index is 0.171. The van der Waals surface area contributed by atoms with Crippen molar-refractivity contribution in [2.75, 3.05) is 12.4 Å². The number of halogens is 3. The number of ether oxygens (including phenoxy) is 1. The average molecular weight is 347 g/mol. The molecular formula is C14H14Cl3N3O. The minimum Gasteiger partial charge on any atom is -0.437 e. The summed E-state index contributed by atoms with van der Waals surface area (Å²) < 4.78 is 5.71. The van der Waals surface area contributed by atoms with Gasteiger partial charge in [0.15, 0.2) is 0 Å². The molecule has 0 fully saturated rings. The molecular weight excluding hydrogens is 333 g/mol. The summed E-state index contributed by atoms with van der Waals surface area (Å²) in [6.45, 7) is 4.01. The number of anilines is 1. The van der Waals surface area contributed by atoms with Gasteiger partial charge < -0.3 is 10.1 Å². The predicted octanol–water partition coefficient (Wildman–Crippen LogP) is 5.39. The van der Waals surface area contributed by atoms with Crippen LogP contribution in [0.4, 0.5) is 5.82 Å². The Balaban J connectivity index is 2.39. The van der Waals surface area contributed by atoms with Crippen molar-refractivity contribution in [3.8, 4) is 11.6 Å². The van der Waals surface area contributed by atoms with Crippen molar-refractivity contribution in [3.05, 3.63) is 39.1 Å². The van der Waals surface area contributed by atoms with Gasteiger partial charge in [-0.15, -0.1) is 0 Å². The lowest BCUT2D eigenvalue weighted by atomic mass is 10.2. The molecule has 0 aliphatic carbocycles. The lowest BCUT2D eigenvalue weighted by Gasteiger charge is -2.12. The summed E-state index contributed by atoms with van der Waals surface area (Å²) in [4.78, 5) is 8.73. The molecule has 2 rings (SSSR count). The Bertz CT molecular complexity index is 662. The van der Waals surface area contributed by atoms with E-state index < -0.39 is 0 Å². The third kappa shape index (κ3) is 3.90. The van der Waals surface area contributed by atoms with Gasteiger partial charge in [0.1, 0.15) is 17.4 Å². The molecule has 7 heteroatoms. The Morgan fingerprint density at radius 1 is 1.00 bits per heavy atom. The largest absolute Gasteiger partial charge is 0.437 e. The summed E-state index contributed by atoms with van der Waals surface area (Å²) in [7, 11) is 1.78. The van der Waals surface area contributed by atoms with Crippen LogP contribution in [0.5, 0.6) is 11.6 Å². The molecule has 0 atom stereocenters. The molecule has 0 saturated carbocycles. The summed E-state index contributed by atoms with van der Waals surface area (Å²) in [5, 5.41) is 4.07. The molecule has 1 aromatic carbocycles. The molecule has 0 amide bonds. The maximum atomic E-state index is 6.10. The van der Waals surface area contributed by atoms with Crippen LogP contribution in [0.2, 0.25) is 15.1 Å². The monoisotopic (exact) mass is 345 g/mol. The fourth-order valence-electron chi connectivity index (χ4n) is 1.58. The Kier molecular flexibility index (Phi) is 5.14. The summed E-state index contributed by atoms with van der Waals surface area (Å²) >= 11 is 18.0. The van der Waals surface area contributed by atoms with E-state index in [4.69, 9.17) is 39.5 Å². The molecule has 1 aromatic heterocycles. The number of nitrogens with zero attached hydrogens (tertiary/aromatic N) is 2. The van der Waals surface area contributed by atoms with Gasteiger partial charge in [0.2, 0.25) is 5.88 Å². The van der Waals surface area contributed by atoms with Crippen LogP contribution in [0.25, 0.3) is 0 Å². The maximum absolute atomic E-state index is 6.10. The van der Waals surface area contributed by atoms with Crippen molar-refractivity contribution in [2.45, 2.75) is 19.8 Å². The van der Waals surface area contributed by atoms with E-state index in [0.717, 1.165) is 0 Å². The zero-order valence-corrected chi connectivity index (χ0v) is 14.0. The Morgan fingerprint density at radius 2 is 1.67 bits per heavy atom. The van der Waals surface area contributed by atoms with Gasteiger partial charge in [-0.05, 0) is 6.07 Å². The van der Waals surface area contributed by atoms with Gasteiger partial charge in [-0.25, -0.2) is 4.98 Å². The SMILES string of the molecule is CNc1cc(Oc2cc(Cl)c(Cl)cc2Cl)nc(C(C)C)n1. The molecule has 1 heterocycles. The molecule has 0 radical (unpaired) electrons. The molecule has 21 heavy (non-hydrogen) atoms. The zero-order valence-electron chi connectivity index (χ0n) is 11.7. The van der Waals surface area contributed by atoms with Crippen molar-refractivity contribution in [2.24, 2.45) is 0 Å². The Hall–Kier alpha value is -1.23. The van der Waals surface area contributed by atoms with Crippen molar-refractivity contribution in [1.82, 2.24) is 9.97 Å².